The van der Waals surface area contributed by atoms with Gasteiger partial charge in [-0.15, -0.1) is 0 Å². The minimum Gasteiger partial charge on any atom is -0.447 e. The molecule has 31 heteroatoms. The van der Waals surface area contributed by atoms with Crippen molar-refractivity contribution in [3.05, 3.63) is 0 Å². The van der Waals surface area contributed by atoms with E-state index in [-0.39, 0.29) is 136 Å². The molecule has 1 amide bonds. The van der Waals surface area contributed by atoms with Gasteiger partial charge in [-0.1, -0.05) is 0 Å². The number of aliphatic hydroxyl groups excluding tert-OH is 1. The minimum absolute atomic E-state index is 0.0156. The topological polar surface area (TPSA) is 248 Å². The fourth-order valence-electron chi connectivity index (χ4n) is 9.25. The molecule has 27 nitrogen and oxygen atoms in total. The normalized spacial score (nSPS) is 30.9. The van der Waals surface area contributed by atoms with Gasteiger partial charge < -0.3 is 66.6 Å². The SMILES string of the molecule is CC1CNCC(COP(=O)(N(C)C)N2CC(C)OC(COP(=O)(N(C)C)N3CC(C)OC(COP(=O)(N(C)C)N4CC(C)OC(COP(=O)(N(C)C)N5CCN(C(=O)OCCOCCOCCO)CC5)C4)C3)C2)O1. The van der Waals surface area contributed by atoms with Gasteiger partial charge in [-0.2, -0.15) is 0 Å². The third kappa shape index (κ3) is 17.7. The Bertz CT molecular complexity index is 1910. The van der Waals surface area contributed by atoms with Crippen molar-refractivity contribution < 1.29 is 79.4 Å². The summed E-state index contributed by atoms with van der Waals surface area (Å²) in [7, 11) is -1.00. The van der Waals surface area contributed by atoms with E-state index in [0.717, 1.165) is 6.54 Å². The molecule has 5 rings (SSSR count). The van der Waals surface area contributed by atoms with Crippen LogP contribution < -0.4 is 5.32 Å². The van der Waals surface area contributed by atoms with Crippen LogP contribution in [0.2, 0.25) is 0 Å². The van der Waals surface area contributed by atoms with Crippen molar-refractivity contribution in [3.8, 4) is 0 Å². The zero-order valence-corrected chi connectivity index (χ0v) is 49.5. The summed E-state index contributed by atoms with van der Waals surface area (Å²) in [6.45, 7) is 12.5. The first-order valence-electron chi connectivity index (χ1n) is 25.6. The highest BCUT2D eigenvalue weighted by molar-refractivity contribution is 7.54. The lowest BCUT2D eigenvalue weighted by molar-refractivity contribution is -0.0915. The lowest BCUT2D eigenvalue weighted by atomic mass is 10.2. The molecule has 5 fully saturated rings. The zero-order valence-electron chi connectivity index (χ0n) is 46.0. The molecule has 0 aromatic heterocycles. The van der Waals surface area contributed by atoms with E-state index in [1.54, 1.807) is 98.6 Å². The van der Waals surface area contributed by atoms with Crippen LogP contribution in [-0.2, 0) is 69.5 Å². The molecule has 5 saturated heterocycles. The molecule has 12 atom stereocenters. The molecular formula is C43H90N10O17P4. The number of ether oxygens (including phenoxy) is 7. The molecule has 12 unspecified atom stereocenters. The van der Waals surface area contributed by atoms with E-state index >= 15 is 9.13 Å². The van der Waals surface area contributed by atoms with Gasteiger partial charge in [0.1, 0.15) is 6.61 Å². The first kappa shape index (κ1) is 64.2. The summed E-state index contributed by atoms with van der Waals surface area (Å²) < 4.78 is 138. The lowest BCUT2D eigenvalue weighted by Crippen LogP contribution is -2.51. The maximum Gasteiger partial charge on any atom is 0.409 e. The highest BCUT2D eigenvalue weighted by Crippen LogP contribution is 2.58. The average molecular weight is 1140 g/mol. The van der Waals surface area contributed by atoms with Gasteiger partial charge in [0, 0.05) is 78.5 Å². The Labute approximate surface area is 440 Å². The molecule has 5 aliphatic heterocycles. The maximum absolute atomic E-state index is 15.0. The van der Waals surface area contributed by atoms with Gasteiger partial charge in [-0.25, -0.2) is 42.2 Å². The van der Waals surface area contributed by atoms with Crippen LogP contribution in [0.15, 0.2) is 0 Å². The van der Waals surface area contributed by atoms with Crippen molar-refractivity contribution in [1.29, 1.82) is 0 Å². The molecule has 0 aromatic rings. The van der Waals surface area contributed by atoms with Crippen molar-refractivity contribution >= 4 is 36.8 Å². The second kappa shape index (κ2) is 29.7. The van der Waals surface area contributed by atoms with Crippen LogP contribution in [0.25, 0.3) is 0 Å². The standard InChI is InChI=1S/C43H90N10O17P4/c1-35-23-44-24-39(67-35)31-63-72(57,46(7)8)51-25-36(2)69-41(29-51)33-65-74(59,48(11)12)53-27-38(4)70-42(30-53)34-66-73(58,47(9)10)52-26-37(3)68-40(28-52)32-64-71(56,45(5)6)50-15-13-49(14-16-50)43(55)62-22-21-61-20-19-60-18-17-54/h35-42,44,54H,13-34H2,1-12H3. The smallest absolute Gasteiger partial charge is 0.409 e. The predicted molar refractivity (Wildman–Crippen MR) is 277 cm³/mol. The Morgan fingerprint density at radius 1 is 0.486 bits per heavy atom. The maximum atomic E-state index is 15.0. The summed E-state index contributed by atoms with van der Waals surface area (Å²) in [5, 5.41) is 12.1. The van der Waals surface area contributed by atoms with E-state index in [1.807, 2.05) is 27.7 Å². The van der Waals surface area contributed by atoms with Crippen molar-refractivity contribution in [1.82, 2.24) is 47.6 Å². The number of nitrogens with zero attached hydrogens (tertiary/aromatic N) is 9. The summed E-state index contributed by atoms with van der Waals surface area (Å²) >= 11 is 0. The van der Waals surface area contributed by atoms with Crippen LogP contribution in [0.1, 0.15) is 27.7 Å². The van der Waals surface area contributed by atoms with Crippen LogP contribution in [0, 0.1) is 0 Å². The average Bonchev–Trinajstić information content (AvgIpc) is 3.35. The number of morpholine rings is 4. The number of amides is 1. The number of hydrogen-bond acceptors (Lipinski definition) is 18. The number of rotatable bonds is 28. The van der Waals surface area contributed by atoms with Gasteiger partial charge in [0.25, 0.3) is 0 Å². The van der Waals surface area contributed by atoms with Gasteiger partial charge in [0.2, 0.25) is 0 Å². The van der Waals surface area contributed by atoms with Crippen LogP contribution in [0.3, 0.4) is 0 Å². The van der Waals surface area contributed by atoms with E-state index in [2.05, 4.69) is 5.32 Å². The van der Waals surface area contributed by atoms with E-state index in [9.17, 15) is 13.9 Å². The van der Waals surface area contributed by atoms with Gasteiger partial charge >= 0.3 is 36.8 Å². The molecule has 0 spiro atoms. The van der Waals surface area contributed by atoms with Crippen molar-refractivity contribution in [2.24, 2.45) is 0 Å². The highest BCUT2D eigenvalue weighted by Gasteiger charge is 2.47. The second-order valence-electron chi connectivity index (χ2n) is 20.1. The number of hydrogen-bond donors (Lipinski definition) is 2. The molecule has 0 saturated carbocycles. The summed E-state index contributed by atoms with van der Waals surface area (Å²) in [5.41, 5.74) is 0. The number of carbonyl (C=O) groups is 1. The zero-order chi connectivity index (χ0) is 54.4. The molecule has 5 aliphatic rings. The fourth-order valence-corrected chi connectivity index (χ4v) is 17.4. The third-order valence-corrected chi connectivity index (χ3v) is 23.1. The first-order chi connectivity index (χ1) is 34.9. The Morgan fingerprint density at radius 2 is 0.838 bits per heavy atom. The van der Waals surface area contributed by atoms with Crippen LogP contribution in [0.4, 0.5) is 4.79 Å². The van der Waals surface area contributed by atoms with Crippen molar-refractivity contribution in [2.75, 3.05) is 201 Å². The molecule has 0 aromatic carbocycles. The van der Waals surface area contributed by atoms with Crippen molar-refractivity contribution in [2.45, 2.75) is 76.5 Å². The largest absolute Gasteiger partial charge is 0.447 e. The highest BCUT2D eigenvalue weighted by atomic mass is 31.2. The number of piperazine rings is 1. The van der Waals surface area contributed by atoms with Crippen LogP contribution in [-0.4, -0.2) is 303 Å². The van der Waals surface area contributed by atoms with E-state index in [1.165, 1.54) is 0 Å². The second-order valence-corrected chi connectivity index (χ2v) is 30.5. The van der Waals surface area contributed by atoms with Crippen LogP contribution in [0.5, 0.6) is 0 Å². The Balaban J connectivity index is 1.15. The Morgan fingerprint density at radius 3 is 1.22 bits per heavy atom. The van der Waals surface area contributed by atoms with E-state index in [4.69, 9.17) is 56.4 Å². The molecule has 2 N–H and O–H groups in total. The van der Waals surface area contributed by atoms with Gasteiger partial charge in [0.05, 0.1) is 108 Å². The van der Waals surface area contributed by atoms with Gasteiger partial charge in [-0.3, -0.25) is 18.3 Å². The number of carbonyl (C=O) groups excluding carboxylic acids is 1. The summed E-state index contributed by atoms with van der Waals surface area (Å²) in [6, 6.07) is 0. The van der Waals surface area contributed by atoms with Gasteiger partial charge in [-0.05, 0) is 84.1 Å². The van der Waals surface area contributed by atoms with E-state index in [0.29, 0.717) is 26.3 Å². The fraction of sp³-hybridized carbons (Fsp3) is 0.977. The number of aliphatic hydroxyl groups is 1. The molecular weight excluding hydrogens is 1050 g/mol. The summed E-state index contributed by atoms with van der Waals surface area (Å²) in [6.07, 6.45) is -3.68. The lowest BCUT2D eigenvalue weighted by Gasteiger charge is -2.45. The van der Waals surface area contributed by atoms with E-state index < -0.39 is 61.2 Å². The molecule has 5 heterocycles. The Kier molecular flexibility index (Phi) is 25.8. The summed E-state index contributed by atoms with van der Waals surface area (Å²) in [4.78, 5) is 14.3. The number of nitrogens with one attached hydrogen (secondary N) is 1. The molecule has 434 valence electrons. The Hall–Kier alpha value is -0.610. The monoisotopic (exact) mass is 1140 g/mol. The predicted octanol–water partition coefficient (Wildman–Crippen LogP) is 2.16. The first-order valence-corrected chi connectivity index (χ1v) is 31.8. The van der Waals surface area contributed by atoms with Gasteiger partial charge in [0.15, 0.2) is 0 Å². The minimum atomic E-state index is -3.74. The molecule has 74 heavy (non-hydrogen) atoms. The molecule has 0 radical (unpaired) electrons. The van der Waals surface area contributed by atoms with Crippen LogP contribution >= 0.6 is 30.7 Å². The quantitative estimate of drug-likeness (QED) is 0.0842. The van der Waals surface area contributed by atoms with Crippen molar-refractivity contribution in [3.63, 3.8) is 0 Å². The molecule has 0 bridgehead atoms. The summed E-state index contributed by atoms with van der Waals surface area (Å²) in [5.74, 6) is 0. The third-order valence-electron chi connectivity index (χ3n) is 12.9. The molecule has 0 aliphatic carbocycles.